The summed E-state index contributed by atoms with van der Waals surface area (Å²) in [6.45, 7) is 3.24. The third-order valence-corrected chi connectivity index (χ3v) is 4.24. The van der Waals surface area contributed by atoms with Gasteiger partial charge < -0.3 is 15.5 Å². The normalized spacial score (nSPS) is 24.5. The molecule has 3 rings (SSSR count). The molecule has 2 aliphatic rings. The van der Waals surface area contributed by atoms with E-state index < -0.39 is 0 Å². The highest BCUT2D eigenvalue weighted by atomic mass is 16.2. The number of piperazine rings is 1. The average molecular weight is 287 g/mol. The van der Waals surface area contributed by atoms with Crippen molar-refractivity contribution < 1.29 is 9.59 Å². The molecule has 2 fully saturated rings. The van der Waals surface area contributed by atoms with Crippen molar-refractivity contribution in [1.82, 2.24) is 15.5 Å². The third-order valence-electron chi connectivity index (χ3n) is 4.24. The van der Waals surface area contributed by atoms with Crippen LogP contribution in [0.15, 0.2) is 30.3 Å². The SMILES string of the molecule is O=C(NCC(=O)N1CCNCC1)C1CC1c1ccccc1. The van der Waals surface area contributed by atoms with E-state index in [0.717, 1.165) is 32.6 Å². The Balaban J connectivity index is 1.44. The quantitative estimate of drug-likeness (QED) is 0.839. The second kappa shape index (κ2) is 6.26. The zero-order valence-electron chi connectivity index (χ0n) is 12.0. The van der Waals surface area contributed by atoms with Gasteiger partial charge in [-0.1, -0.05) is 30.3 Å². The molecule has 5 heteroatoms. The number of nitrogens with zero attached hydrogens (tertiary/aromatic N) is 1. The van der Waals surface area contributed by atoms with Gasteiger partial charge in [0.2, 0.25) is 11.8 Å². The van der Waals surface area contributed by atoms with Gasteiger partial charge in [0.05, 0.1) is 6.54 Å². The molecule has 1 aromatic rings. The molecular formula is C16H21N3O2. The van der Waals surface area contributed by atoms with Gasteiger partial charge >= 0.3 is 0 Å². The molecule has 5 nitrogen and oxygen atoms in total. The van der Waals surface area contributed by atoms with Crippen LogP contribution in [0.1, 0.15) is 17.9 Å². The van der Waals surface area contributed by atoms with Gasteiger partial charge in [-0.15, -0.1) is 0 Å². The smallest absolute Gasteiger partial charge is 0.242 e. The Labute approximate surface area is 124 Å². The minimum Gasteiger partial charge on any atom is -0.347 e. The first-order valence-electron chi connectivity index (χ1n) is 7.57. The van der Waals surface area contributed by atoms with Gasteiger partial charge in [-0.2, -0.15) is 0 Å². The molecule has 1 heterocycles. The van der Waals surface area contributed by atoms with Crippen LogP contribution >= 0.6 is 0 Å². The number of benzene rings is 1. The number of carbonyl (C=O) groups is 2. The molecule has 2 atom stereocenters. The minimum absolute atomic E-state index is 0.00679. The Kier molecular flexibility index (Phi) is 4.20. The number of nitrogens with one attached hydrogen (secondary N) is 2. The summed E-state index contributed by atoms with van der Waals surface area (Å²) in [6, 6.07) is 10.1. The van der Waals surface area contributed by atoms with Gasteiger partial charge in [0, 0.05) is 32.1 Å². The van der Waals surface area contributed by atoms with E-state index in [1.165, 1.54) is 5.56 Å². The van der Waals surface area contributed by atoms with E-state index in [0.29, 0.717) is 5.92 Å². The third kappa shape index (κ3) is 3.42. The Hall–Kier alpha value is -1.88. The van der Waals surface area contributed by atoms with Crippen molar-refractivity contribution >= 4 is 11.8 Å². The summed E-state index contributed by atoms with van der Waals surface area (Å²) < 4.78 is 0. The van der Waals surface area contributed by atoms with Crippen LogP contribution in [0.5, 0.6) is 0 Å². The lowest BCUT2D eigenvalue weighted by Gasteiger charge is -2.27. The zero-order valence-corrected chi connectivity index (χ0v) is 12.0. The number of hydrogen-bond donors (Lipinski definition) is 2. The zero-order chi connectivity index (χ0) is 14.7. The summed E-state index contributed by atoms with van der Waals surface area (Å²) in [6.07, 6.45) is 0.887. The Morgan fingerprint density at radius 2 is 1.90 bits per heavy atom. The first-order chi connectivity index (χ1) is 10.3. The summed E-state index contributed by atoms with van der Waals surface area (Å²) in [7, 11) is 0. The lowest BCUT2D eigenvalue weighted by atomic mass is 10.1. The largest absolute Gasteiger partial charge is 0.347 e. The Bertz CT molecular complexity index is 512. The predicted molar refractivity (Wildman–Crippen MR) is 79.7 cm³/mol. The highest BCUT2D eigenvalue weighted by molar-refractivity contribution is 5.88. The summed E-state index contributed by atoms with van der Waals surface area (Å²) in [5, 5.41) is 6.00. The van der Waals surface area contributed by atoms with Crippen molar-refractivity contribution in [3.8, 4) is 0 Å². The van der Waals surface area contributed by atoms with Gasteiger partial charge in [0.15, 0.2) is 0 Å². The van der Waals surface area contributed by atoms with Gasteiger partial charge in [-0.25, -0.2) is 0 Å². The summed E-state index contributed by atoms with van der Waals surface area (Å²) in [5.74, 6) is 0.373. The van der Waals surface area contributed by atoms with Crippen molar-refractivity contribution in [3.63, 3.8) is 0 Å². The topological polar surface area (TPSA) is 61.4 Å². The fourth-order valence-corrected chi connectivity index (χ4v) is 2.87. The van der Waals surface area contributed by atoms with E-state index in [4.69, 9.17) is 0 Å². The summed E-state index contributed by atoms with van der Waals surface area (Å²) in [4.78, 5) is 25.9. The maximum atomic E-state index is 12.1. The second-order valence-electron chi connectivity index (χ2n) is 5.71. The van der Waals surface area contributed by atoms with Crippen molar-refractivity contribution in [1.29, 1.82) is 0 Å². The monoisotopic (exact) mass is 287 g/mol. The van der Waals surface area contributed by atoms with Crippen molar-refractivity contribution in [3.05, 3.63) is 35.9 Å². The number of rotatable bonds is 4. The van der Waals surface area contributed by atoms with E-state index in [2.05, 4.69) is 22.8 Å². The average Bonchev–Trinajstić information content (AvgIpc) is 3.35. The fraction of sp³-hybridized carbons (Fsp3) is 0.500. The molecule has 1 saturated heterocycles. The van der Waals surface area contributed by atoms with Gasteiger partial charge in [-0.3, -0.25) is 9.59 Å². The molecular weight excluding hydrogens is 266 g/mol. The highest BCUT2D eigenvalue weighted by Crippen LogP contribution is 2.47. The molecule has 0 spiro atoms. The van der Waals surface area contributed by atoms with E-state index in [1.807, 2.05) is 18.2 Å². The van der Waals surface area contributed by atoms with Crippen LogP contribution in [0.25, 0.3) is 0 Å². The first-order valence-corrected chi connectivity index (χ1v) is 7.57. The maximum Gasteiger partial charge on any atom is 0.242 e. The molecule has 2 N–H and O–H groups in total. The fourth-order valence-electron chi connectivity index (χ4n) is 2.87. The Morgan fingerprint density at radius 3 is 2.62 bits per heavy atom. The molecule has 2 unspecified atom stereocenters. The predicted octanol–water partition coefficient (Wildman–Crippen LogP) is 0.338. The minimum atomic E-state index is 0.00679. The molecule has 0 bridgehead atoms. The van der Waals surface area contributed by atoms with E-state index in [-0.39, 0.29) is 24.3 Å². The van der Waals surface area contributed by atoms with Crippen molar-refractivity contribution in [2.24, 2.45) is 5.92 Å². The van der Waals surface area contributed by atoms with Crippen LogP contribution in [0.2, 0.25) is 0 Å². The number of amides is 2. The molecule has 0 aromatic heterocycles. The van der Waals surface area contributed by atoms with Crippen LogP contribution in [0.3, 0.4) is 0 Å². The highest BCUT2D eigenvalue weighted by Gasteiger charge is 2.43. The molecule has 1 aliphatic heterocycles. The van der Waals surface area contributed by atoms with E-state index in [1.54, 1.807) is 4.90 Å². The van der Waals surface area contributed by atoms with Crippen LogP contribution in [0, 0.1) is 5.92 Å². The van der Waals surface area contributed by atoms with Crippen molar-refractivity contribution in [2.45, 2.75) is 12.3 Å². The number of carbonyl (C=O) groups excluding carboxylic acids is 2. The van der Waals surface area contributed by atoms with Crippen LogP contribution in [0.4, 0.5) is 0 Å². The van der Waals surface area contributed by atoms with E-state index >= 15 is 0 Å². The maximum absolute atomic E-state index is 12.1. The molecule has 2 amide bonds. The second-order valence-corrected chi connectivity index (χ2v) is 5.71. The van der Waals surface area contributed by atoms with Crippen molar-refractivity contribution in [2.75, 3.05) is 32.7 Å². The number of hydrogen-bond acceptors (Lipinski definition) is 3. The van der Waals surface area contributed by atoms with Gasteiger partial charge in [-0.05, 0) is 17.9 Å². The molecule has 112 valence electrons. The summed E-state index contributed by atoms with van der Waals surface area (Å²) >= 11 is 0. The molecule has 1 aliphatic carbocycles. The molecule has 0 radical (unpaired) electrons. The van der Waals surface area contributed by atoms with E-state index in [9.17, 15) is 9.59 Å². The molecule has 1 aromatic carbocycles. The van der Waals surface area contributed by atoms with Crippen LogP contribution in [-0.2, 0) is 9.59 Å². The lowest BCUT2D eigenvalue weighted by molar-refractivity contribution is -0.133. The van der Waals surface area contributed by atoms with Gasteiger partial charge in [0.1, 0.15) is 0 Å². The van der Waals surface area contributed by atoms with Crippen LogP contribution in [-0.4, -0.2) is 49.4 Å². The molecule has 1 saturated carbocycles. The lowest BCUT2D eigenvalue weighted by Crippen LogP contribution is -2.49. The van der Waals surface area contributed by atoms with Gasteiger partial charge in [0.25, 0.3) is 0 Å². The standard InChI is InChI=1S/C16H21N3O2/c20-15(19-8-6-17-7-9-19)11-18-16(21)14-10-13(14)12-4-2-1-3-5-12/h1-5,13-14,17H,6-11H2,(H,18,21). The Morgan fingerprint density at radius 1 is 1.19 bits per heavy atom. The summed E-state index contributed by atoms with van der Waals surface area (Å²) in [5.41, 5.74) is 1.21. The molecule has 21 heavy (non-hydrogen) atoms. The first kappa shape index (κ1) is 14.1. The van der Waals surface area contributed by atoms with Crippen LogP contribution < -0.4 is 10.6 Å².